The highest BCUT2D eigenvalue weighted by atomic mass is 35.5. The summed E-state index contributed by atoms with van der Waals surface area (Å²) < 4.78 is 8.13. The highest BCUT2D eigenvalue weighted by Gasteiger charge is 2.35. The van der Waals surface area contributed by atoms with Crippen molar-refractivity contribution in [3.63, 3.8) is 0 Å². The molecule has 7 nitrogen and oxygen atoms in total. The first kappa shape index (κ1) is 22.4. The van der Waals surface area contributed by atoms with E-state index in [0.717, 1.165) is 50.2 Å². The van der Waals surface area contributed by atoms with Crippen LogP contribution in [0.1, 0.15) is 20.7 Å². The van der Waals surface area contributed by atoms with Crippen molar-refractivity contribution in [2.75, 3.05) is 33.9 Å². The number of carbonyl (C=O) groups is 2. The molecule has 5 aromatic rings. The Hall–Kier alpha value is -3.39. The van der Waals surface area contributed by atoms with Gasteiger partial charge in [-0.3, -0.25) is 14.9 Å². The van der Waals surface area contributed by atoms with Gasteiger partial charge in [0.15, 0.2) is 0 Å². The zero-order valence-corrected chi connectivity index (χ0v) is 19.8. The molecular formula is C26H25ClN4O3. The summed E-state index contributed by atoms with van der Waals surface area (Å²) in [5, 5.41) is 6.05. The van der Waals surface area contributed by atoms with Crippen LogP contribution in [0.3, 0.4) is 0 Å². The monoisotopic (exact) mass is 476 g/mol. The number of aromatic amines is 1. The van der Waals surface area contributed by atoms with E-state index >= 15 is 0 Å². The average Bonchev–Trinajstić information content (AvgIpc) is 3.43. The van der Waals surface area contributed by atoms with Gasteiger partial charge in [0.05, 0.1) is 35.4 Å². The Balaban J connectivity index is 0.00000241. The van der Waals surface area contributed by atoms with Crippen molar-refractivity contribution < 1.29 is 14.3 Å². The minimum atomic E-state index is -0.337. The number of hydrogen-bond donors (Lipinski definition) is 2. The molecule has 3 aromatic carbocycles. The predicted molar refractivity (Wildman–Crippen MR) is 137 cm³/mol. The number of amides is 2. The maximum absolute atomic E-state index is 13.0. The van der Waals surface area contributed by atoms with Gasteiger partial charge in [-0.25, -0.2) is 0 Å². The molecule has 3 heterocycles. The highest BCUT2D eigenvalue weighted by molar-refractivity contribution is 6.39. The summed E-state index contributed by atoms with van der Waals surface area (Å²) >= 11 is 0. The van der Waals surface area contributed by atoms with Crippen molar-refractivity contribution in [1.82, 2.24) is 19.8 Å². The van der Waals surface area contributed by atoms with Gasteiger partial charge in [-0.2, -0.15) is 0 Å². The highest BCUT2D eigenvalue weighted by Crippen LogP contribution is 2.43. The van der Waals surface area contributed by atoms with Crippen LogP contribution < -0.4 is 5.32 Å². The molecule has 174 valence electrons. The van der Waals surface area contributed by atoms with Crippen LogP contribution in [0.2, 0.25) is 0 Å². The number of halogens is 1. The Morgan fingerprint density at radius 3 is 2.32 bits per heavy atom. The predicted octanol–water partition coefficient (Wildman–Crippen LogP) is 4.31. The van der Waals surface area contributed by atoms with E-state index in [-0.39, 0.29) is 24.2 Å². The van der Waals surface area contributed by atoms with Gasteiger partial charge in [0.2, 0.25) is 0 Å². The minimum absolute atomic E-state index is 0. The van der Waals surface area contributed by atoms with Gasteiger partial charge in [0.1, 0.15) is 0 Å². The lowest BCUT2D eigenvalue weighted by molar-refractivity contribution is 0.0880. The molecule has 2 amide bonds. The van der Waals surface area contributed by atoms with E-state index in [1.165, 1.54) is 0 Å². The molecule has 0 bridgehead atoms. The molecule has 1 aliphatic heterocycles. The third-order valence-electron chi connectivity index (χ3n) is 6.49. The third-order valence-corrected chi connectivity index (χ3v) is 6.49. The van der Waals surface area contributed by atoms with Crippen molar-refractivity contribution in [2.24, 2.45) is 0 Å². The van der Waals surface area contributed by atoms with Crippen LogP contribution in [0.15, 0.2) is 48.5 Å². The Labute approximate surface area is 202 Å². The van der Waals surface area contributed by atoms with Gasteiger partial charge in [-0.05, 0) is 26.2 Å². The van der Waals surface area contributed by atoms with Crippen molar-refractivity contribution >= 4 is 67.8 Å². The number of benzene rings is 3. The molecule has 0 fully saturated rings. The number of aromatic nitrogens is 2. The second kappa shape index (κ2) is 8.43. The molecule has 0 radical (unpaired) electrons. The van der Waals surface area contributed by atoms with Crippen LogP contribution in [-0.4, -0.2) is 60.1 Å². The van der Waals surface area contributed by atoms with E-state index in [0.29, 0.717) is 30.9 Å². The van der Waals surface area contributed by atoms with Gasteiger partial charge in [0, 0.05) is 45.7 Å². The number of carbonyl (C=O) groups excluding carboxylic acids is 2. The van der Waals surface area contributed by atoms with E-state index in [2.05, 4.69) is 25.8 Å². The first-order chi connectivity index (χ1) is 16.1. The summed E-state index contributed by atoms with van der Waals surface area (Å²) in [7, 11) is 4.05. The molecule has 6 rings (SSSR count). The first-order valence-electron chi connectivity index (χ1n) is 11.1. The number of nitrogens with one attached hydrogen (secondary N) is 2. The zero-order chi connectivity index (χ0) is 22.7. The lowest BCUT2D eigenvalue weighted by Gasteiger charge is -2.12. The molecule has 2 N–H and O–H groups in total. The second-order valence-corrected chi connectivity index (χ2v) is 8.76. The normalized spacial score (nSPS) is 13.4. The van der Waals surface area contributed by atoms with Gasteiger partial charge in [-0.15, -0.1) is 12.4 Å². The fourth-order valence-electron chi connectivity index (χ4n) is 5.07. The van der Waals surface area contributed by atoms with E-state index in [4.69, 9.17) is 4.74 Å². The number of hydrogen-bond acceptors (Lipinski definition) is 4. The van der Waals surface area contributed by atoms with E-state index < -0.39 is 0 Å². The number of ether oxygens (including phenoxy) is 1. The van der Waals surface area contributed by atoms with Crippen molar-refractivity contribution in [3.05, 3.63) is 59.7 Å². The van der Waals surface area contributed by atoms with Gasteiger partial charge >= 0.3 is 0 Å². The van der Waals surface area contributed by atoms with Crippen LogP contribution in [0.4, 0.5) is 0 Å². The molecule has 1 aliphatic rings. The van der Waals surface area contributed by atoms with Gasteiger partial charge in [0.25, 0.3) is 11.8 Å². The number of H-pyrrole nitrogens is 1. The fourth-order valence-corrected chi connectivity index (χ4v) is 5.07. The van der Waals surface area contributed by atoms with E-state index in [1.54, 1.807) is 0 Å². The minimum Gasteiger partial charge on any atom is -0.378 e. The van der Waals surface area contributed by atoms with Crippen molar-refractivity contribution in [3.8, 4) is 0 Å². The number of nitrogens with zero attached hydrogens (tertiary/aromatic N) is 2. The zero-order valence-electron chi connectivity index (χ0n) is 19.0. The number of rotatable bonds is 6. The summed E-state index contributed by atoms with van der Waals surface area (Å²) in [6.07, 6.45) is 0. The van der Waals surface area contributed by atoms with Crippen molar-refractivity contribution in [2.45, 2.75) is 6.54 Å². The molecule has 0 spiro atoms. The van der Waals surface area contributed by atoms with Crippen LogP contribution >= 0.6 is 12.4 Å². The molecular weight excluding hydrogens is 452 g/mol. The lowest BCUT2D eigenvalue weighted by Crippen LogP contribution is -2.20. The first-order valence-corrected chi connectivity index (χ1v) is 11.1. The fraction of sp³-hybridized carbons (Fsp3) is 0.231. The number of likely N-dealkylation sites (N-methyl/N-ethyl adjacent to an activating group) is 1. The van der Waals surface area contributed by atoms with Gasteiger partial charge in [-0.1, -0.05) is 36.4 Å². The summed E-state index contributed by atoms with van der Waals surface area (Å²) in [6, 6.07) is 16.0. The van der Waals surface area contributed by atoms with Crippen LogP contribution in [-0.2, 0) is 11.3 Å². The summed E-state index contributed by atoms with van der Waals surface area (Å²) in [6.45, 7) is 2.69. The SMILES string of the molecule is CN(C)CCOCCn1c2ccccc2c2c3c(c4c5ccccc5[nH]c4c21)C(=O)NC3=O.Cl. The topological polar surface area (TPSA) is 79.4 Å². The smallest absolute Gasteiger partial charge is 0.259 e. The standard InChI is InChI=1S/C26H24N4O3.ClH/c1-29(2)11-13-33-14-12-30-18-10-6-4-8-16(18)20-22-21(25(31)28-26(22)32)19-15-7-3-5-9-17(15)27-23(19)24(20)30;/h3-10,27H,11-14H2,1-2H3,(H,28,31,32);1H. The molecule has 2 aromatic heterocycles. The van der Waals surface area contributed by atoms with E-state index in [9.17, 15) is 9.59 Å². The number of para-hydroxylation sites is 2. The molecule has 0 saturated heterocycles. The maximum Gasteiger partial charge on any atom is 0.259 e. The molecule has 0 saturated carbocycles. The molecule has 0 atom stereocenters. The van der Waals surface area contributed by atoms with Crippen LogP contribution in [0.25, 0.3) is 43.6 Å². The summed E-state index contributed by atoms with van der Waals surface area (Å²) in [4.78, 5) is 31.6. The number of imide groups is 1. The lowest BCUT2D eigenvalue weighted by atomic mass is 9.97. The van der Waals surface area contributed by atoms with Gasteiger partial charge < -0.3 is 19.2 Å². The molecule has 34 heavy (non-hydrogen) atoms. The van der Waals surface area contributed by atoms with E-state index in [1.807, 2.05) is 56.6 Å². The summed E-state index contributed by atoms with van der Waals surface area (Å²) in [5.74, 6) is -0.673. The Morgan fingerprint density at radius 1 is 0.882 bits per heavy atom. The maximum atomic E-state index is 13.0. The second-order valence-electron chi connectivity index (χ2n) is 8.76. The quantitative estimate of drug-likeness (QED) is 0.283. The van der Waals surface area contributed by atoms with Crippen molar-refractivity contribution in [1.29, 1.82) is 0 Å². The molecule has 0 unspecified atom stereocenters. The Kier molecular flexibility index (Phi) is 5.56. The Morgan fingerprint density at radius 2 is 1.56 bits per heavy atom. The summed E-state index contributed by atoms with van der Waals surface area (Å²) in [5.41, 5.74) is 4.69. The largest absolute Gasteiger partial charge is 0.378 e. The number of fused-ring (bicyclic) bond motifs is 10. The molecule has 0 aliphatic carbocycles. The average molecular weight is 477 g/mol. The van der Waals surface area contributed by atoms with Crippen LogP contribution in [0, 0.1) is 0 Å². The Bertz CT molecular complexity index is 1600. The third kappa shape index (κ3) is 3.20. The molecule has 8 heteroatoms. The van der Waals surface area contributed by atoms with Crippen LogP contribution in [0.5, 0.6) is 0 Å².